The Morgan fingerprint density at radius 3 is 1.50 bits per heavy atom. The van der Waals surface area contributed by atoms with Crippen LogP contribution in [0.25, 0.3) is 0 Å². The second kappa shape index (κ2) is 4.91. The summed E-state index contributed by atoms with van der Waals surface area (Å²) in [6, 6.07) is 0. The number of carboxylic acids is 1. The Labute approximate surface area is 57.4 Å². The molecule has 0 amide bonds. The van der Waals surface area contributed by atoms with E-state index < -0.39 is 16.4 Å². The molecule has 0 fully saturated rings. The fraction of sp³-hybridized carbons (Fsp3) is 0. The van der Waals surface area contributed by atoms with Crippen molar-refractivity contribution < 1.29 is 27.4 Å². The Morgan fingerprint density at radius 1 is 1.40 bits per heavy atom. The number of carbonyl (C=O) groups is 1. The van der Waals surface area contributed by atoms with E-state index in [2.05, 4.69) is 6.58 Å². The Hall–Kier alpha value is -0.920. The van der Waals surface area contributed by atoms with Crippen LogP contribution in [-0.2, 0) is 15.2 Å². The number of aliphatic carboxylic acids is 1. The monoisotopic (exact) mass is 167 g/mol. The Balaban J connectivity index is 0. The van der Waals surface area contributed by atoms with E-state index in [-0.39, 0.29) is 0 Å². The molecule has 0 radical (unpaired) electrons. The zero-order valence-electron chi connectivity index (χ0n) is 4.64. The standard InChI is InChI=1S/C3H4O2.H2O4S/c1-2-3(4)5;1-5(2,3)4/h2H,1H2,(H,4,5);(H2,1,2,3,4)/p-3. The van der Waals surface area contributed by atoms with Crippen molar-refractivity contribution in [2.75, 3.05) is 0 Å². The maximum Gasteiger partial charge on any atom is 0.0636 e. The molecule has 0 atom stereocenters. The summed E-state index contributed by atoms with van der Waals surface area (Å²) in [4.78, 5) is 9.14. The molecule has 0 rings (SSSR count). The lowest BCUT2D eigenvalue weighted by molar-refractivity contribution is -0.297. The molecule has 0 aromatic heterocycles. The lowest BCUT2D eigenvalue weighted by Crippen LogP contribution is -2.17. The van der Waals surface area contributed by atoms with Crippen LogP contribution in [-0.4, -0.2) is 23.5 Å². The summed E-state index contributed by atoms with van der Waals surface area (Å²) >= 11 is 0. The van der Waals surface area contributed by atoms with Crippen molar-refractivity contribution in [1.82, 2.24) is 0 Å². The summed E-state index contributed by atoms with van der Waals surface area (Å²) < 4.78 is 34.1. The lowest BCUT2D eigenvalue weighted by atomic mass is 10.7. The van der Waals surface area contributed by atoms with Gasteiger partial charge in [-0.1, -0.05) is 6.58 Å². The van der Waals surface area contributed by atoms with Gasteiger partial charge in [-0.25, -0.2) is 0 Å². The highest BCUT2D eigenvalue weighted by atomic mass is 32.3. The van der Waals surface area contributed by atoms with Gasteiger partial charge in [-0.15, -0.1) is 0 Å². The second-order valence-corrected chi connectivity index (χ2v) is 1.75. The van der Waals surface area contributed by atoms with Crippen LogP contribution in [0.2, 0.25) is 0 Å². The number of hydrogen-bond acceptors (Lipinski definition) is 6. The van der Waals surface area contributed by atoms with Crippen molar-refractivity contribution in [3.8, 4) is 0 Å². The van der Waals surface area contributed by atoms with Gasteiger partial charge in [-0.05, 0) is 6.08 Å². The van der Waals surface area contributed by atoms with E-state index in [1.165, 1.54) is 0 Å². The van der Waals surface area contributed by atoms with Crippen molar-refractivity contribution in [3.05, 3.63) is 12.7 Å². The predicted octanol–water partition coefficient (Wildman–Crippen LogP) is -2.42. The molecule has 60 valence electrons. The summed E-state index contributed by atoms with van der Waals surface area (Å²) in [5.41, 5.74) is 0. The molecule has 0 aromatic carbocycles. The van der Waals surface area contributed by atoms with Gasteiger partial charge in [-0.2, -0.15) is 0 Å². The Kier molecular flexibility index (Phi) is 5.81. The highest BCUT2D eigenvalue weighted by molar-refractivity contribution is 7.79. The maximum absolute atomic E-state index is 9.14. The van der Waals surface area contributed by atoms with Gasteiger partial charge < -0.3 is 19.0 Å². The topological polar surface area (TPSA) is 120 Å². The number of carboxylic acid groups (broad SMARTS) is 1. The Morgan fingerprint density at radius 2 is 1.50 bits per heavy atom. The minimum absolute atomic E-state index is 0.722. The highest BCUT2D eigenvalue weighted by Crippen LogP contribution is 1.57. The fourth-order valence-corrected chi connectivity index (χ4v) is 0. The van der Waals surface area contributed by atoms with E-state index in [4.69, 9.17) is 27.4 Å². The zero-order chi connectivity index (χ0) is 8.78. The van der Waals surface area contributed by atoms with Crippen LogP contribution in [0.4, 0.5) is 0 Å². The van der Waals surface area contributed by atoms with Crippen molar-refractivity contribution >= 4 is 16.4 Å². The van der Waals surface area contributed by atoms with Crippen LogP contribution in [0.3, 0.4) is 0 Å². The van der Waals surface area contributed by atoms with Crippen LogP contribution in [0.5, 0.6) is 0 Å². The van der Waals surface area contributed by atoms with Crippen molar-refractivity contribution in [2.24, 2.45) is 0 Å². The van der Waals surface area contributed by atoms with E-state index in [1.54, 1.807) is 0 Å². The normalized spacial score (nSPS) is 9.00. The minimum Gasteiger partial charge on any atom is -0.759 e. The van der Waals surface area contributed by atoms with Gasteiger partial charge in [0.1, 0.15) is 0 Å². The van der Waals surface area contributed by atoms with Gasteiger partial charge in [0, 0.05) is 10.4 Å². The molecule has 0 aliphatic carbocycles. The number of hydrogen-bond donors (Lipinski definition) is 0. The minimum atomic E-state index is -5.17. The third-order valence-electron chi connectivity index (χ3n) is 0.167. The number of rotatable bonds is 1. The smallest absolute Gasteiger partial charge is 0.0636 e. The lowest BCUT2D eigenvalue weighted by Gasteiger charge is -2.06. The SMILES string of the molecule is C=CC(=O)[O-].O=S(=O)([O-])[O-]. The summed E-state index contributed by atoms with van der Waals surface area (Å²) in [7, 11) is -5.17. The van der Waals surface area contributed by atoms with Gasteiger partial charge in [0.15, 0.2) is 0 Å². The molecule has 0 saturated heterocycles. The molecule has 0 bridgehead atoms. The van der Waals surface area contributed by atoms with E-state index >= 15 is 0 Å². The molecule has 10 heavy (non-hydrogen) atoms. The maximum atomic E-state index is 9.14. The second-order valence-electron chi connectivity index (χ2n) is 0.931. The van der Waals surface area contributed by atoms with Crippen LogP contribution in [0.1, 0.15) is 0 Å². The van der Waals surface area contributed by atoms with E-state index in [9.17, 15) is 0 Å². The third kappa shape index (κ3) is 224. The van der Waals surface area contributed by atoms with Crippen molar-refractivity contribution in [3.63, 3.8) is 0 Å². The average Bonchev–Trinajstić information content (AvgIpc) is 1.61. The molecule has 0 unspecified atom stereocenters. The molecule has 0 saturated carbocycles. The third-order valence-corrected chi connectivity index (χ3v) is 0.167. The van der Waals surface area contributed by atoms with Crippen LogP contribution < -0.4 is 5.11 Å². The van der Waals surface area contributed by atoms with Crippen molar-refractivity contribution in [1.29, 1.82) is 0 Å². The molecule has 0 aromatic rings. The summed E-state index contributed by atoms with van der Waals surface area (Å²) in [5, 5.41) is 9.14. The predicted molar refractivity (Wildman–Crippen MR) is 25.7 cm³/mol. The highest BCUT2D eigenvalue weighted by Gasteiger charge is 1.55. The summed E-state index contributed by atoms with van der Waals surface area (Å²) in [6.45, 7) is 2.90. The van der Waals surface area contributed by atoms with Gasteiger partial charge >= 0.3 is 0 Å². The molecule has 0 aliphatic rings. The van der Waals surface area contributed by atoms with Gasteiger partial charge in [0.2, 0.25) is 0 Å². The molecule has 0 heterocycles. The average molecular weight is 167 g/mol. The van der Waals surface area contributed by atoms with E-state index in [0.717, 1.165) is 6.08 Å². The van der Waals surface area contributed by atoms with Crippen LogP contribution in [0.15, 0.2) is 12.7 Å². The van der Waals surface area contributed by atoms with Gasteiger partial charge in [-0.3, -0.25) is 8.42 Å². The molecule has 7 heteroatoms. The molecule has 0 aliphatic heterocycles. The Bertz CT molecular complexity index is 193. The first-order chi connectivity index (χ1) is 4.27. The fourth-order valence-electron chi connectivity index (χ4n) is 0. The molecular weight excluding hydrogens is 164 g/mol. The van der Waals surface area contributed by atoms with Crippen LogP contribution in [0, 0.1) is 0 Å². The quantitative estimate of drug-likeness (QED) is 0.243. The molecule has 0 N–H and O–H groups in total. The van der Waals surface area contributed by atoms with E-state index in [0.29, 0.717) is 0 Å². The van der Waals surface area contributed by atoms with Crippen molar-refractivity contribution in [2.45, 2.75) is 0 Å². The molecule has 6 nitrogen and oxygen atoms in total. The van der Waals surface area contributed by atoms with Crippen LogP contribution >= 0.6 is 0 Å². The largest absolute Gasteiger partial charge is 0.759 e. The molecule has 0 spiro atoms. The van der Waals surface area contributed by atoms with Gasteiger partial charge in [0.05, 0.1) is 5.97 Å². The summed E-state index contributed by atoms with van der Waals surface area (Å²) in [5.74, 6) is -1.23. The zero-order valence-corrected chi connectivity index (χ0v) is 5.46. The first kappa shape index (κ1) is 11.8. The first-order valence-corrected chi connectivity index (χ1v) is 3.11. The molecular formula is C3H3O6S-3. The van der Waals surface area contributed by atoms with E-state index in [1.807, 2.05) is 0 Å². The number of carbonyl (C=O) groups excluding carboxylic acids is 1. The first-order valence-electron chi connectivity index (χ1n) is 1.77. The van der Waals surface area contributed by atoms with Gasteiger partial charge in [0.25, 0.3) is 0 Å². The summed E-state index contributed by atoms with van der Waals surface area (Å²) in [6.07, 6.45) is 0.722.